The number of carbonyl (C=O) groups is 1. The van der Waals surface area contributed by atoms with Gasteiger partial charge in [-0.2, -0.15) is 4.31 Å². The summed E-state index contributed by atoms with van der Waals surface area (Å²) < 4.78 is 27.2. The van der Waals surface area contributed by atoms with E-state index in [1.165, 1.54) is 0 Å². The molecular weight excluding hydrogens is 288 g/mol. The molecule has 2 heterocycles. The number of carbonyl (C=O) groups excluding carboxylic acids is 1. The van der Waals surface area contributed by atoms with Crippen molar-refractivity contribution in [1.29, 1.82) is 0 Å². The molecule has 0 spiro atoms. The van der Waals surface area contributed by atoms with Crippen LogP contribution in [0.1, 0.15) is 38.2 Å². The molecule has 1 N–H and O–H groups in total. The first-order valence-electron chi connectivity index (χ1n) is 7.43. The van der Waals surface area contributed by atoms with Gasteiger partial charge >= 0.3 is 0 Å². The van der Waals surface area contributed by atoms with Gasteiger partial charge in [0.1, 0.15) is 0 Å². The molecule has 1 aromatic rings. The molecule has 1 saturated heterocycles. The Bertz CT molecular complexity index is 669. The van der Waals surface area contributed by atoms with Gasteiger partial charge in [-0.05, 0) is 49.9 Å². The van der Waals surface area contributed by atoms with Gasteiger partial charge in [-0.15, -0.1) is 0 Å². The summed E-state index contributed by atoms with van der Waals surface area (Å²) in [7, 11) is -3.44. The lowest BCUT2D eigenvalue weighted by Crippen LogP contribution is -2.41. The second-order valence-corrected chi connectivity index (χ2v) is 7.72. The second-order valence-electron chi connectivity index (χ2n) is 5.83. The number of piperidine rings is 1. The van der Waals surface area contributed by atoms with Crippen LogP contribution in [0.5, 0.6) is 0 Å². The van der Waals surface area contributed by atoms with Crippen LogP contribution in [-0.4, -0.2) is 31.2 Å². The highest BCUT2D eigenvalue weighted by molar-refractivity contribution is 7.89. The van der Waals surface area contributed by atoms with Crippen molar-refractivity contribution >= 4 is 21.6 Å². The van der Waals surface area contributed by atoms with Crippen LogP contribution >= 0.6 is 0 Å². The summed E-state index contributed by atoms with van der Waals surface area (Å²) in [5, 5.41) is 2.78. The first kappa shape index (κ1) is 14.5. The highest BCUT2D eigenvalue weighted by Gasteiger charge is 2.31. The molecule has 21 heavy (non-hydrogen) atoms. The Morgan fingerprint density at radius 2 is 2.05 bits per heavy atom. The van der Waals surface area contributed by atoms with Crippen LogP contribution in [0.2, 0.25) is 0 Å². The molecule has 2 aliphatic heterocycles. The van der Waals surface area contributed by atoms with Gasteiger partial charge < -0.3 is 5.32 Å². The molecule has 0 radical (unpaired) electrons. The van der Waals surface area contributed by atoms with Crippen molar-refractivity contribution in [3.05, 3.63) is 23.8 Å². The van der Waals surface area contributed by atoms with E-state index in [0.29, 0.717) is 24.3 Å². The molecule has 0 aliphatic carbocycles. The molecule has 0 aromatic heterocycles. The van der Waals surface area contributed by atoms with E-state index in [1.807, 2.05) is 6.92 Å². The Balaban J connectivity index is 1.94. The van der Waals surface area contributed by atoms with Crippen LogP contribution in [0.4, 0.5) is 5.69 Å². The fraction of sp³-hybridized carbons (Fsp3) is 0.533. The number of aryl methyl sites for hydroxylation is 1. The topological polar surface area (TPSA) is 66.5 Å². The van der Waals surface area contributed by atoms with E-state index in [2.05, 4.69) is 5.32 Å². The van der Waals surface area contributed by atoms with E-state index < -0.39 is 10.0 Å². The number of fused-ring (bicyclic) bond motifs is 1. The molecule has 6 heteroatoms. The lowest BCUT2D eigenvalue weighted by atomic mass is 10.0. The summed E-state index contributed by atoms with van der Waals surface area (Å²) in [5.74, 6) is -0.0113. The zero-order valence-electron chi connectivity index (χ0n) is 12.1. The average Bonchev–Trinajstić information content (AvgIpc) is 2.47. The molecule has 0 saturated carbocycles. The third-order valence-electron chi connectivity index (χ3n) is 4.32. The maximum atomic E-state index is 12.8. The van der Waals surface area contributed by atoms with Crippen LogP contribution in [0, 0.1) is 0 Å². The molecule has 2 aliphatic rings. The zero-order chi connectivity index (χ0) is 15.0. The number of nitrogens with zero attached hydrogens (tertiary/aromatic N) is 1. The molecule has 1 fully saturated rings. The standard InChI is InChI=1S/C15H20N2O3S/c1-11-4-2-3-9-17(11)21(19,20)13-6-7-14-12(10-13)5-8-15(18)16-14/h6-7,10-11H,2-5,8-9H2,1H3,(H,16,18). The predicted octanol–water partition coefficient (Wildman–Crippen LogP) is 2.13. The monoisotopic (exact) mass is 308 g/mol. The number of sulfonamides is 1. The molecule has 1 amide bonds. The average molecular weight is 308 g/mol. The minimum atomic E-state index is -3.44. The van der Waals surface area contributed by atoms with Gasteiger partial charge in [0.05, 0.1) is 4.90 Å². The largest absolute Gasteiger partial charge is 0.326 e. The van der Waals surface area contributed by atoms with Crippen molar-refractivity contribution in [3.8, 4) is 0 Å². The summed E-state index contributed by atoms with van der Waals surface area (Å²) in [4.78, 5) is 11.7. The molecule has 114 valence electrons. The van der Waals surface area contributed by atoms with Crippen LogP contribution in [0.3, 0.4) is 0 Å². The number of amides is 1. The smallest absolute Gasteiger partial charge is 0.243 e. The van der Waals surface area contributed by atoms with Crippen molar-refractivity contribution in [1.82, 2.24) is 4.31 Å². The third kappa shape index (κ3) is 2.70. The number of rotatable bonds is 2. The van der Waals surface area contributed by atoms with Crippen molar-refractivity contribution < 1.29 is 13.2 Å². The van der Waals surface area contributed by atoms with Gasteiger partial charge in [0.2, 0.25) is 15.9 Å². The first-order valence-corrected chi connectivity index (χ1v) is 8.87. The van der Waals surface area contributed by atoms with Crippen LogP contribution in [-0.2, 0) is 21.2 Å². The fourth-order valence-corrected chi connectivity index (χ4v) is 4.84. The summed E-state index contributed by atoms with van der Waals surface area (Å²) in [6.45, 7) is 2.56. The van der Waals surface area contributed by atoms with E-state index in [0.717, 1.165) is 30.5 Å². The highest BCUT2D eigenvalue weighted by Crippen LogP contribution is 2.29. The van der Waals surface area contributed by atoms with E-state index in [9.17, 15) is 13.2 Å². The molecular formula is C15H20N2O3S. The lowest BCUT2D eigenvalue weighted by Gasteiger charge is -2.32. The van der Waals surface area contributed by atoms with Crippen molar-refractivity contribution in [3.63, 3.8) is 0 Å². The van der Waals surface area contributed by atoms with Crippen molar-refractivity contribution in [2.45, 2.75) is 50.0 Å². The Hall–Kier alpha value is -1.40. The Labute approximate surface area is 125 Å². The Kier molecular flexibility index (Phi) is 3.75. The first-order chi connectivity index (χ1) is 9.98. The molecule has 1 aromatic carbocycles. The van der Waals surface area contributed by atoms with Crippen molar-refractivity contribution in [2.75, 3.05) is 11.9 Å². The number of anilines is 1. The summed E-state index contributed by atoms with van der Waals surface area (Å²) in [6, 6.07) is 5.07. The quantitative estimate of drug-likeness (QED) is 0.910. The van der Waals surface area contributed by atoms with Gasteiger partial charge in [0, 0.05) is 24.7 Å². The third-order valence-corrected chi connectivity index (χ3v) is 6.33. The minimum Gasteiger partial charge on any atom is -0.326 e. The molecule has 1 unspecified atom stereocenters. The normalized spacial score (nSPS) is 23.5. The van der Waals surface area contributed by atoms with E-state index >= 15 is 0 Å². The van der Waals surface area contributed by atoms with Crippen LogP contribution < -0.4 is 5.32 Å². The summed E-state index contributed by atoms with van der Waals surface area (Å²) >= 11 is 0. The molecule has 5 nitrogen and oxygen atoms in total. The van der Waals surface area contributed by atoms with Crippen molar-refractivity contribution in [2.24, 2.45) is 0 Å². The van der Waals surface area contributed by atoms with E-state index in [-0.39, 0.29) is 11.9 Å². The van der Waals surface area contributed by atoms with Gasteiger partial charge in [0.25, 0.3) is 0 Å². The summed E-state index contributed by atoms with van der Waals surface area (Å²) in [5.41, 5.74) is 1.64. The van der Waals surface area contributed by atoms with Crippen LogP contribution in [0.25, 0.3) is 0 Å². The predicted molar refractivity (Wildman–Crippen MR) is 80.6 cm³/mol. The number of hydrogen-bond donors (Lipinski definition) is 1. The van der Waals surface area contributed by atoms with Crippen LogP contribution in [0.15, 0.2) is 23.1 Å². The number of nitrogens with one attached hydrogen (secondary N) is 1. The zero-order valence-corrected chi connectivity index (χ0v) is 12.9. The lowest BCUT2D eigenvalue weighted by molar-refractivity contribution is -0.116. The number of hydrogen-bond acceptors (Lipinski definition) is 3. The fourth-order valence-electron chi connectivity index (χ4n) is 3.08. The molecule has 1 atom stereocenters. The van der Waals surface area contributed by atoms with E-state index in [1.54, 1.807) is 22.5 Å². The molecule has 3 rings (SSSR count). The highest BCUT2D eigenvalue weighted by atomic mass is 32.2. The minimum absolute atomic E-state index is 0.0113. The number of benzene rings is 1. The molecule has 0 bridgehead atoms. The maximum absolute atomic E-state index is 12.8. The maximum Gasteiger partial charge on any atom is 0.243 e. The van der Waals surface area contributed by atoms with Gasteiger partial charge in [-0.1, -0.05) is 6.42 Å². The van der Waals surface area contributed by atoms with E-state index in [4.69, 9.17) is 0 Å². The van der Waals surface area contributed by atoms with Gasteiger partial charge in [-0.25, -0.2) is 8.42 Å². The summed E-state index contributed by atoms with van der Waals surface area (Å²) in [6.07, 6.45) is 3.94. The SMILES string of the molecule is CC1CCCCN1S(=O)(=O)c1ccc2c(c1)CCC(=O)N2. The second kappa shape index (κ2) is 5.42. The van der Waals surface area contributed by atoms with Gasteiger partial charge in [0.15, 0.2) is 0 Å². The Morgan fingerprint density at radius 3 is 2.81 bits per heavy atom. The Morgan fingerprint density at radius 1 is 1.24 bits per heavy atom. The van der Waals surface area contributed by atoms with Gasteiger partial charge in [-0.3, -0.25) is 4.79 Å².